The lowest BCUT2D eigenvalue weighted by Crippen LogP contribution is -2.36. The van der Waals surface area contributed by atoms with Crippen LogP contribution in [0.25, 0.3) is 0 Å². The van der Waals surface area contributed by atoms with Crippen molar-refractivity contribution in [2.75, 3.05) is 5.32 Å². The van der Waals surface area contributed by atoms with Crippen LogP contribution in [0.5, 0.6) is 0 Å². The Morgan fingerprint density at radius 3 is 2.23 bits per heavy atom. The van der Waals surface area contributed by atoms with Gasteiger partial charge in [0.15, 0.2) is 0 Å². The number of hydrogen-bond acceptors (Lipinski definition) is 5. The van der Waals surface area contributed by atoms with Crippen molar-refractivity contribution >= 4 is 21.7 Å². The van der Waals surface area contributed by atoms with Gasteiger partial charge in [0.2, 0.25) is 5.03 Å². The number of anilines is 1. The summed E-state index contributed by atoms with van der Waals surface area (Å²) >= 11 is 0. The number of benzene rings is 1. The minimum absolute atomic E-state index is 0.708. The van der Waals surface area contributed by atoms with Gasteiger partial charge in [-0.05, 0) is 60.8 Å². The smallest absolute Gasteiger partial charge is 0.307 e. The Morgan fingerprint density at radius 2 is 1.62 bits per heavy atom. The van der Waals surface area contributed by atoms with Crippen molar-refractivity contribution in [3.63, 3.8) is 0 Å². The van der Waals surface area contributed by atoms with Gasteiger partial charge in [0, 0.05) is 18.1 Å². The number of nitrogens with one attached hydrogen (secondary N) is 2. The van der Waals surface area contributed by atoms with E-state index in [0.29, 0.717) is 5.69 Å². The molecule has 2 amide bonds. The first-order valence-electron chi connectivity index (χ1n) is 8.42. The van der Waals surface area contributed by atoms with Gasteiger partial charge in [0.25, 0.3) is 16.0 Å². The van der Waals surface area contributed by atoms with Crippen molar-refractivity contribution in [1.29, 1.82) is 0 Å². The van der Waals surface area contributed by atoms with E-state index in [1.54, 1.807) is 0 Å². The van der Waals surface area contributed by atoms with Crippen molar-refractivity contribution in [3.8, 4) is 0 Å². The molecule has 0 bridgehead atoms. The van der Waals surface area contributed by atoms with E-state index in [9.17, 15) is 17.6 Å². The average molecular weight is 376 g/mol. The fourth-order valence-electron chi connectivity index (χ4n) is 3.77. The molecule has 1 aromatic carbocycles. The Labute approximate surface area is 150 Å². The van der Waals surface area contributed by atoms with Crippen molar-refractivity contribution in [2.24, 2.45) is 0 Å². The maximum Gasteiger partial charge on any atom is 0.333 e. The summed E-state index contributed by atoms with van der Waals surface area (Å²) in [6, 6.07) is 1.28. The molecule has 0 saturated heterocycles. The number of halogens is 1. The number of rotatable bonds is 3. The number of amides is 2. The Kier molecular flexibility index (Phi) is 4.10. The SMILES string of the molecule is O=C(Nc1c2c(cc3c1CCC3)CCC2)NS(=O)(=O)c1nccnc1F. The molecule has 1 aromatic heterocycles. The zero-order chi connectivity index (χ0) is 18.3. The van der Waals surface area contributed by atoms with Crippen LogP contribution in [0, 0.1) is 5.95 Å². The highest BCUT2D eigenvalue weighted by Gasteiger charge is 2.28. The van der Waals surface area contributed by atoms with E-state index in [1.165, 1.54) is 11.1 Å². The second kappa shape index (κ2) is 6.31. The minimum atomic E-state index is -4.45. The number of nitrogens with zero attached hydrogens (tertiary/aromatic N) is 2. The summed E-state index contributed by atoms with van der Waals surface area (Å²) in [5, 5.41) is 1.78. The van der Waals surface area contributed by atoms with Gasteiger partial charge in [0.1, 0.15) is 0 Å². The number of sulfonamides is 1. The van der Waals surface area contributed by atoms with Crippen LogP contribution in [0.2, 0.25) is 0 Å². The molecule has 0 radical (unpaired) electrons. The molecule has 9 heteroatoms. The Bertz CT molecular complexity index is 975. The summed E-state index contributed by atoms with van der Waals surface area (Å²) in [6.07, 6.45) is 7.73. The predicted molar refractivity (Wildman–Crippen MR) is 91.8 cm³/mol. The third kappa shape index (κ3) is 2.92. The van der Waals surface area contributed by atoms with E-state index < -0.39 is 27.0 Å². The predicted octanol–water partition coefficient (Wildman–Crippen LogP) is 2.10. The van der Waals surface area contributed by atoms with E-state index >= 15 is 0 Å². The molecule has 1 heterocycles. The summed E-state index contributed by atoms with van der Waals surface area (Å²) in [5.74, 6) is -1.26. The van der Waals surface area contributed by atoms with E-state index in [0.717, 1.165) is 62.0 Å². The highest BCUT2D eigenvalue weighted by Crippen LogP contribution is 2.38. The van der Waals surface area contributed by atoms with Crippen LogP contribution in [0.4, 0.5) is 14.9 Å². The number of urea groups is 1. The Balaban J connectivity index is 1.61. The van der Waals surface area contributed by atoms with Gasteiger partial charge in [-0.2, -0.15) is 12.8 Å². The second-order valence-electron chi connectivity index (χ2n) is 6.45. The van der Waals surface area contributed by atoms with Crippen LogP contribution in [0.15, 0.2) is 23.5 Å². The minimum Gasteiger partial charge on any atom is -0.307 e. The number of fused-ring (bicyclic) bond motifs is 2. The van der Waals surface area contributed by atoms with Crippen LogP contribution in [-0.2, 0) is 35.7 Å². The molecule has 0 unspecified atom stereocenters. The molecule has 0 spiro atoms. The molecule has 2 aliphatic carbocycles. The largest absolute Gasteiger partial charge is 0.333 e. The third-order valence-electron chi connectivity index (χ3n) is 4.82. The molecule has 2 aromatic rings. The summed E-state index contributed by atoms with van der Waals surface area (Å²) in [5.41, 5.74) is 5.28. The lowest BCUT2D eigenvalue weighted by atomic mass is 9.99. The molecule has 0 fully saturated rings. The fourth-order valence-corrected chi connectivity index (χ4v) is 4.63. The van der Waals surface area contributed by atoms with Gasteiger partial charge >= 0.3 is 6.03 Å². The van der Waals surface area contributed by atoms with E-state index in [2.05, 4.69) is 21.4 Å². The van der Waals surface area contributed by atoms with E-state index in [1.807, 2.05) is 4.72 Å². The van der Waals surface area contributed by atoms with E-state index in [-0.39, 0.29) is 0 Å². The molecular weight excluding hydrogens is 359 g/mol. The van der Waals surface area contributed by atoms with Gasteiger partial charge in [0.05, 0.1) is 0 Å². The first-order chi connectivity index (χ1) is 12.5. The molecule has 0 saturated carbocycles. The third-order valence-corrected chi connectivity index (χ3v) is 6.05. The number of aromatic nitrogens is 2. The quantitative estimate of drug-likeness (QED) is 0.854. The zero-order valence-corrected chi connectivity index (χ0v) is 14.7. The average Bonchev–Trinajstić information content (AvgIpc) is 3.23. The van der Waals surface area contributed by atoms with Gasteiger partial charge in [-0.1, -0.05) is 6.07 Å². The summed E-state index contributed by atoms with van der Waals surface area (Å²) in [6.45, 7) is 0. The Hall–Kier alpha value is -2.55. The van der Waals surface area contributed by atoms with Crippen LogP contribution in [0.1, 0.15) is 35.1 Å². The van der Waals surface area contributed by atoms with Crippen LogP contribution in [-0.4, -0.2) is 24.4 Å². The first-order valence-corrected chi connectivity index (χ1v) is 9.91. The zero-order valence-electron chi connectivity index (χ0n) is 13.9. The lowest BCUT2D eigenvalue weighted by molar-refractivity contribution is 0.256. The second-order valence-corrected chi connectivity index (χ2v) is 8.04. The van der Waals surface area contributed by atoms with Crippen molar-refractivity contribution in [2.45, 2.75) is 43.6 Å². The summed E-state index contributed by atoms with van der Waals surface area (Å²) in [4.78, 5) is 19.0. The highest BCUT2D eigenvalue weighted by atomic mass is 32.2. The number of hydrogen-bond donors (Lipinski definition) is 2. The normalized spacial score (nSPS) is 15.4. The maximum absolute atomic E-state index is 13.6. The highest BCUT2D eigenvalue weighted by molar-refractivity contribution is 7.90. The molecule has 0 aliphatic heterocycles. The standard InChI is InChI=1S/C17H17FN4O3S/c18-15-16(20-8-7-19-15)26(24,25)22-17(23)21-14-12-5-1-3-10(12)9-11-4-2-6-13(11)14/h7-9H,1-6H2,(H2,21,22,23). The molecule has 4 rings (SSSR count). The molecule has 2 aliphatic rings. The van der Waals surface area contributed by atoms with Crippen molar-refractivity contribution in [1.82, 2.24) is 14.7 Å². The number of carbonyl (C=O) groups excluding carboxylic acids is 1. The number of aryl methyl sites for hydroxylation is 2. The molecule has 2 N–H and O–H groups in total. The fraction of sp³-hybridized carbons (Fsp3) is 0.353. The maximum atomic E-state index is 13.6. The van der Waals surface area contributed by atoms with Gasteiger partial charge < -0.3 is 5.32 Å². The number of carbonyl (C=O) groups is 1. The monoisotopic (exact) mass is 376 g/mol. The Morgan fingerprint density at radius 1 is 1.00 bits per heavy atom. The molecule has 7 nitrogen and oxygen atoms in total. The topological polar surface area (TPSA) is 101 Å². The van der Waals surface area contributed by atoms with Crippen LogP contribution >= 0.6 is 0 Å². The molecule has 136 valence electrons. The first kappa shape index (κ1) is 16.9. The lowest BCUT2D eigenvalue weighted by Gasteiger charge is -2.16. The van der Waals surface area contributed by atoms with Gasteiger partial charge in [-0.25, -0.2) is 19.5 Å². The van der Waals surface area contributed by atoms with Crippen LogP contribution in [0.3, 0.4) is 0 Å². The molecular formula is C17H17FN4O3S. The van der Waals surface area contributed by atoms with Gasteiger partial charge in [-0.15, -0.1) is 0 Å². The molecule has 0 atom stereocenters. The summed E-state index contributed by atoms with van der Waals surface area (Å²) < 4.78 is 39.8. The molecule has 26 heavy (non-hydrogen) atoms. The van der Waals surface area contributed by atoms with Crippen molar-refractivity contribution < 1.29 is 17.6 Å². The van der Waals surface area contributed by atoms with Gasteiger partial charge in [-0.3, -0.25) is 0 Å². The van der Waals surface area contributed by atoms with Crippen LogP contribution < -0.4 is 10.0 Å². The van der Waals surface area contributed by atoms with Crippen molar-refractivity contribution in [3.05, 3.63) is 46.7 Å². The van der Waals surface area contributed by atoms with E-state index in [4.69, 9.17) is 0 Å². The summed E-state index contributed by atoms with van der Waals surface area (Å²) in [7, 11) is -4.45.